The van der Waals surface area contributed by atoms with Crippen LogP contribution in [-0.4, -0.2) is 30.5 Å². The topological polar surface area (TPSA) is 96.4 Å². The normalized spacial score (nSPS) is 13.6. The van der Waals surface area contributed by atoms with E-state index < -0.39 is 16.0 Å². The fourth-order valence-corrected chi connectivity index (χ4v) is 2.58. The first-order valence-electron chi connectivity index (χ1n) is 5.73. The van der Waals surface area contributed by atoms with Crippen molar-refractivity contribution in [2.24, 2.45) is 0 Å². The van der Waals surface area contributed by atoms with Crippen molar-refractivity contribution in [2.75, 3.05) is 0 Å². The van der Waals surface area contributed by atoms with Crippen LogP contribution in [0.1, 0.15) is 25.8 Å². The summed E-state index contributed by atoms with van der Waals surface area (Å²) in [6, 6.07) is 1.19. The van der Waals surface area contributed by atoms with E-state index in [0.29, 0.717) is 12.0 Å². The van der Waals surface area contributed by atoms with Gasteiger partial charge in [-0.3, -0.25) is 4.98 Å². The Labute approximate surface area is 112 Å². The monoisotopic (exact) mass is 284 g/mol. The van der Waals surface area contributed by atoms with Gasteiger partial charge in [0, 0.05) is 24.5 Å². The highest BCUT2D eigenvalue weighted by Gasteiger charge is 2.16. The number of nitrogens with one attached hydrogen (secondary N) is 1. The van der Waals surface area contributed by atoms with E-state index in [2.05, 4.69) is 9.71 Å². The van der Waals surface area contributed by atoms with Crippen LogP contribution >= 0.6 is 0 Å². The second-order valence-corrected chi connectivity index (χ2v) is 5.77. The van der Waals surface area contributed by atoms with Crippen LogP contribution in [-0.2, 0) is 14.8 Å². The average Bonchev–Trinajstić information content (AvgIpc) is 2.36. The summed E-state index contributed by atoms with van der Waals surface area (Å²) in [6.45, 7) is 3.64. The molecule has 0 spiro atoms. The smallest absolute Gasteiger partial charge is 0.328 e. The number of hydrogen-bond acceptors (Lipinski definition) is 4. The number of carbonyl (C=O) groups is 1. The predicted octanol–water partition coefficient (Wildman–Crippen LogP) is 1.26. The summed E-state index contributed by atoms with van der Waals surface area (Å²) in [5, 5.41) is 8.52. The van der Waals surface area contributed by atoms with Crippen LogP contribution in [0.15, 0.2) is 29.4 Å². The minimum atomic E-state index is -3.63. The number of sulfonamides is 1. The Bertz CT molecular complexity index is 581. The molecule has 0 bridgehead atoms. The molecule has 0 aliphatic rings. The van der Waals surface area contributed by atoms with Gasteiger partial charge in [-0.2, -0.15) is 0 Å². The van der Waals surface area contributed by atoms with Gasteiger partial charge >= 0.3 is 5.97 Å². The maximum atomic E-state index is 12.0. The second-order valence-electron chi connectivity index (χ2n) is 4.06. The standard InChI is InChI=1S/C12H16N2O4S/c1-3-9(2)14-19(17,18)11-6-10(7-13-8-11)4-5-12(15)16/h4-9,14H,3H2,1-2H3,(H,15,16). The molecule has 6 nitrogen and oxygen atoms in total. The molecule has 0 saturated heterocycles. The van der Waals surface area contributed by atoms with Gasteiger partial charge in [0.2, 0.25) is 10.0 Å². The summed E-state index contributed by atoms with van der Waals surface area (Å²) in [6.07, 6.45) is 5.50. The Hall–Kier alpha value is -1.73. The van der Waals surface area contributed by atoms with E-state index in [4.69, 9.17) is 5.11 Å². The van der Waals surface area contributed by atoms with Gasteiger partial charge in [0.25, 0.3) is 0 Å². The van der Waals surface area contributed by atoms with Crippen molar-refractivity contribution in [1.29, 1.82) is 0 Å². The molecule has 0 fully saturated rings. The molecule has 0 saturated carbocycles. The maximum absolute atomic E-state index is 12.0. The molecule has 104 valence electrons. The molecule has 1 aromatic rings. The summed E-state index contributed by atoms with van der Waals surface area (Å²) in [7, 11) is -3.63. The number of nitrogens with zero attached hydrogens (tertiary/aromatic N) is 1. The van der Waals surface area contributed by atoms with Crippen LogP contribution in [0.4, 0.5) is 0 Å². The summed E-state index contributed by atoms with van der Waals surface area (Å²) >= 11 is 0. The summed E-state index contributed by atoms with van der Waals surface area (Å²) in [4.78, 5) is 14.2. The molecule has 7 heteroatoms. The van der Waals surface area contributed by atoms with Gasteiger partial charge in [-0.15, -0.1) is 0 Å². The average molecular weight is 284 g/mol. The van der Waals surface area contributed by atoms with E-state index in [1.807, 2.05) is 6.92 Å². The van der Waals surface area contributed by atoms with E-state index in [1.165, 1.54) is 24.5 Å². The first kappa shape index (κ1) is 15.3. The van der Waals surface area contributed by atoms with Gasteiger partial charge in [0.1, 0.15) is 4.90 Å². The van der Waals surface area contributed by atoms with Crippen LogP contribution in [0.25, 0.3) is 6.08 Å². The lowest BCUT2D eigenvalue weighted by Gasteiger charge is -2.11. The highest BCUT2D eigenvalue weighted by molar-refractivity contribution is 7.89. The highest BCUT2D eigenvalue weighted by Crippen LogP contribution is 2.11. The summed E-state index contributed by atoms with van der Waals surface area (Å²) < 4.78 is 26.5. The molecular formula is C12H16N2O4S. The first-order chi connectivity index (χ1) is 8.85. The third-order valence-electron chi connectivity index (χ3n) is 2.43. The number of pyridine rings is 1. The molecule has 1 unspecified atom stereocenters. The molecule has 1 aromatic heterocycles. The number of aromatic nitrogens is 1. The van der Waals surface area contributed by atoms with Crippen molar-refractivity contribution < 1.29 is 18.3 Å². The summed E-state index contributed by atoms with van der Waals surface area (Å²) in [5.41, 5.74) is 0.412. The number of carboxylic acids is 1. The van der Waals surface area contributed by atoms with Crippen molar-refractivity contribution in [1.82, 2.24) is 9.71 Å². The van der Waals surface area contributed by atoms with Gasteiger partial charge in [0.15, 0.2) is 0 Å². The van der Waals surface area contributed by atoms with Crippen molar-refractivity contribution in [3.8, 4) is 0 Å². The number of aliphatic carboxylic acids is 1. The third kappa shape index (κ3) is 4.80. The molecule has 2 N–H and O–H groups in total. The largest absolute Gasteiger partial charge is 0.478 e. The van der Waals surface area contributed by atoms with E-state index in [1.54, 1.807) is 6.92 Å². The molecule has 0 radical (unpaired) electrons. The van der Waals surface area contributed by atoms with E-state index in [-0.39, 0.29) is 10.9 Å². The van der Waals surface area contributed by atoms with Crippen molar-refractivity contribution in [3.05, 3.63) is 30.1 Å². The van der Waals surface area contributed by atoms with Crippen LogP contribution in [0, 0.1) is 0 Å². The lowest BCUT2D eigenvalue weighted by Crippen LogP contribution is -2.32. The van der Waals surface area contributed by atoms with E-state index in [9.17, 15) is 13.2 Å². The van der Waals surface area contributed by atoms with Crippen LogP contribution in [0.2, 0.25) is 0 Å². The zero-order valence-electron chi connectivity index (χ0n) is 10.7. The Kier molecular flexibility index (Phi) is 5.20. The van der Waals surface area contributed by atoms with E-state index in [0.717, 1.165) is 6.08 Å². The Morgan fingerprint density at radius 2 is 2.21 bits per heavy atom. The molecule has 1 rings (SSSR count). The van der Waals surface area contributed by atoms with Crippen molar-refractivity contribution in [2.45, 2.75) is 31.2 Å². The molecule has 0 aromatic carbocycles. The van der Waals surface area contributed by atoms with Gasteiger partial charge in [-0.05, 0) is 31.1 Å². The Balaban J connectivity index is 3.02. The van der Waals surface area contributed by atoms with Crippen LogP contribution in [0.5, 0.6) is 0 Å². The van der Waals surface area contributed by atoms with Gasteiger partial charge < -0.3 is 5.11 Å². The van der Waals surface area contributed by atoms with Gasteiger partial charge in [0.05, 0.1) is 0 Å². The zero-order valence-corrected chi connectivity index (χ0v) is 11.5. The quantitative estimate of drug-likeness (QED) is 0.766. The molecule has 1 atom stereocenters. The molecule has 1 heterocycles. The van der Waals surface area contributed by atoms with Gasteiger partial charge in [-0.25, -0.2) is 17.9 Å². The first-order valence-corrected chi connectivity index (χ1v) is 7.22. The lowest BCUT2D eigenvalue weighted by atomic mass is 10.2. The lowest BCUT2D eigenvalue weighted by molar-refractivity contribution is -0.131. The maximum Gasteiger partial charge on any atom is 0.328 e. The third-order valence-corrected chi connectivity index (χ3v) is 3.99. The molecule has 0 amide bonds. The molecule has 19 heavy (non-hydrogen) atoms. The Morgan fingerprint density at radius 3 is 2.79 bits per heavy atom. The van der Waals surface area contributed by atoms with Gasteiger partial charge in [-0.1, -0.05) is 6.92 Å². The molecule has 0 aliphatic heterocycles. The highest BCUT2D eigenvalue weighted by atomic mass is 32.2. The Morgan fingerprint density at radius 1 is 1.53 bits per heavy atom. The van der Waals surface area contributed by atoms with Crippen molar-refractivity contribution in [3.63, 3.8) is 0 Å². The SMILES string of the molecule is CCC(C)NS(=O)(=O)c1cncc(C=CC(=O)O)c1. The second kappa shape index (κ2) is 6.44. The minimum Gasteiger partial charge on any atom is -0.478 e. The fraction of sp³-hybridized carbons (Fsp3) is 0.333. The molecular weight excluding hydrogens is 268 g/mol. The zero-order chi connectivity index (χ0) is 14.5. The van der Waals surface area contributed by atoms with E-state index >= 15 is 0 Å². The van der Waals surface area contributed by atoms with Crippen LogP contribution in [0.3, 0.4) is 0 Å². The fourth-order valence-electron chi connectivity index (χ4n) is 1.26. The number of carboxylic acid groups (broad SMARTS) is 1. The number of hydrogen-bond donors (Lipinski definition) is 2. The minimum absolute atomic E-state index is 0.0142. The molecule has 0 aliphatic carbocycles. The summed E-state index contributed by atoms with van der Waals surface area (Å²) in [5.74, 6) is -1.11. The number of rotatable bonds is 6. The predicted molar refractivity (Wildman–Crippen MR) is 71.0 cm³/mol. The van der Waals surface area contributed by atoms with Crippen molar-refractivity contribution >= 4 is 22.1 Å². The van der Waals surface area contributed by atoms with Crippen LogP contribution < -0.4 is 4.72 Å².